The van der Waals surface area contributed by atoms with Crippen LogP contribution >= 0.6 is 0 Å². The largest absolute Gasteiger partial charge is 0.481 e. The van der Waals surface area contributed by atoms with Crippen molar-refractivity contribution in [3.63, 3.8) is 0 Å². The predicted molar refractivity (Wildman–Crippen MR) is 59.4 cm³/mol. The number of amides is 2. The van der Waals surface area contributed by atoms with Crippen molar-refractivity contribution in [1.29, 1.82) is 0 Å². The quantitative estimate of drug-likeness (QED) is 0.671. The molecule has 0 heterocycles. The molecule has 0 aliphatic carbocycles. The van der Waals surface area contributed by atoms with Gasteiger partial charge in [-0.15, -0.1) is 0 Å². The molecule has 0 radical (unpaired) electrons. The number of methoxy groups -OCH3 is 1. The zero-order chi connectivity index (χ0) is 12.6. The summed E-state index contributed by atoms with van der Waals surface area (Å²) >= 11 is 0. The molecule has 2 amide bonds. The minimum absolute atomic E-state index is 0.00294. The molecule has 0 rings (SSSR count). The summed E-state index contributed by atoms with van der Waals surface area (Å²) < 4.78 is 5.10. The molecule has 0 aliphatic heterocycles. The molecule has 1 atom stereocenters. The van der Waals surface area contributed by atoms with Gasteiger partial charge in [-0.25, -0.2) is 4.79 Å². The van der Waals surface area contributed by atoms with E-state index in [4.69, 9.17) is 9.84 Å². The van der Waals surface area contributed by atoms with Crippen LogP contribution in [0.15, 0.2) is 0 Å². The number of aliphatic carboxylic acids is 1. The van der Waals surface area contributed by atoms with Crippen molar-refractivity contribution in [2.45, 2.75) is 25.9 Å². The lowest BCUT2D eigenvalue weighted by Crippen LogP contribution is -2.41. The van der Waals surface area contributed by atoms with Crippen LogP contribution in [-0.2, 0) is 9.53 Å². The van der Waals surface area contributed by atoms with Crippen molar-refractivity contribution < 1.29 is 19.4 Å². The van der Waals surface area contributed by atoms with Crippen LogP contribution in [0, 0.1) is 0 Å². The van der Waals surface area contributed by atoms with Gasteiger partial charge in [-0.2, -0.15) is 0 Å². The molecule has 0 aliphatic rings. The van der Waals surface area contributed by atoms with Gasteiger partial charge in [0, 0.05) is 27.2 Å². The van der Waals surface area contributed by atoms with Crippen LogP contribution in [0.2, 0.25) is 0 Å². The third-order valence-electron chi connectivity index (χ3n) is 2.28. The summed E-state index contributed by atoms with van der Waals surface area (Å²) in [6.45, 7) is 2.60. The van der Waals surface area contributed by atoms with Crippen molar-refractivity contribution in [1.82, 2.24) is 10.2 Å². The molecule has 16 heavy (non-hydrogen) atoms. The summed E-state index contributed by atoms with van der Waals surface area (Å²) in [6, 6.07) is -0.281. The van der Waals surface area contributed by atoms with E-state index in [1.54, 1.807) is 14.2 Å². The van der Waals surface area contributed by atoms with Crippen LogP contribution < -0.4 is 5.32 Å². The third kappa shape index (κ3) is 6.23. The number of hydrogen-bond donors (Lipinski definition) is 2. The molecule has 0 saturated heterocycles. The predicted octanol–water partition coefficient (Wildman–Crippen LogP) is 0.527. The van der Waals surface area contributed by atoms with Gasteiger partial charge in [0.2, 0.25) is 0 Å². The summed E-state index contributed by atoms with van der Waals surface area (Å²) in [7, 11) is 3.15. The van der Waals surface area contributed by atoms with Crippen molar-refractivity contribution >= 4 is 12.0 Å². The number of carboxylic acid groups (broad SMARTS) is 1. The number of ether oxygens (including phenoxy) is 1. The second-order valence-electron chi connectivity index (χ2n) is 3.52. The van der Waals surface area contributed by atoms with Crippen LogP contribution in [0.25, 0.3) is 0 Å². The first kappa shape index (κ1) is 14.7. The second-order valence-corrected chi connectivity index (χ2v) is 3.52. The smallest absolute Gasteiger partial charge is 0.317 e. The van der Waals surface area contributed by atoms with Crippen LogP contribution in [-0.4, -0.2) is 55.4 Å². The fraction of sp³-hybridized carbons (Fsp3) is 0.800. The maximum Gasteiger partial charge on any atom is 0.317 e. The number of rotatable bonds is 7. The first-order valence-corrected chi connectivity index (χ1v) is 5.24. The van der Waals surface area contributed by atoms with Gasteiger partial charge in [0.15, 0.2) is 0 Å². The van der Waals surface area contributed by atoms with E-state index in [1.807, 2.05) is 6.92 Å². The van der Waals surface area contributed by atoms with Crippen molar-refractivity contribution in [3.8, 4) is 0 Å². The average molecular weight is 232 g/mol. The number of hydrogen-bond acceptors (Lipinski definition) is 3. The molecule has 0 saturated carbocycles. The molecule has 6 heteroatoms. The van der Waals surface area contributed by atoms with Gasteiger partial charge in [-0.3, -0.25) is 4.79 Å². The van der Waals surface area contributed by atoms with Crippen molar-refractivity contribution in [3.05, 3.63) is 0 Å². The molecule has 94 valence electrons. The van der Waals surface area contributed by atoms with Gasteiger partial charge in [-0.1, -0.05) is 6.92 Å². The van der Waals surface area contributed by atoms with E-state index in [2.05, 4.69) is 5.32 Å². The van der Waals surface area contributed by atoms with Gasteiger partial charge in [0.25, 0.3) is 0 Å². The van der Waals surface area contributed by atoms with Gasteiger partial charge in [-0.05, 0) is 6.42 Å². The maximum atomic E-state index is 11.5. The SMILES string of the molecule is CCC(CNC(=O)N(C)CCC(=O)O)OC. The lowest BCUT2D eigenvalue weighted by atomic mass is 10.3. The van der Waals surface area contributed by atoms with E-state index < -0.39 is 5.97 Å². The molecular formula is C10H20N2O4. The lowest BCUT2D eigenvalue weighted by molar-refractivity contribution is -0.137. The Kier molecular flexibility index (Phi) is 7.28. The molecule has 0 aromatic carbocycles. The Bertz CT molecular complexity index is 229. The summed E-state index contributed by atoms with van der Waals surface area (Å²) in [5, 5.41) is 11.1. The Labute approximate surface area is 95.6 Å². The molecule has 0 spiro atoms. The molecule has 1 unspecified atom stereocenters. The summed E-state index contributed by atoms with van der Waals surface area (Å²) in [5.74, 6) is -0.914. The van der Waals surface area contributed by atoms with Crippen LogP contribution in [0.5, 0.6) is 0 Å². The number of urea groups is 1. The van der Waals surface area contributed by atoms with Crippen molar-refractivity contribution in [2.75, 3.05) is 27.2 Å². The third-order valence-corrected chi connectivity index (χ3v) is 2.28. The Morgan fingerprint density at radius 2 is 2.12 bits per heavy atom. The van der Waals surface area contributed by atoms with E-state index in [0.717, 1.165) is 6.42 Å². The molecule has 6 nitrogen and oxygen atoms in total. The van der Waals surface area contributed by atoms with Gasteiger partial charge >= 0.3 is 12.0 Å². The van der Waals surface area contributed by atoms with Crippen LogP contribution in [0.4, 0.5) is 4.79 Å². The van der Waals surface area contributed by atoms with E-state index in [1.165, 1.54) is 4.90 Å². The highest BCUT2D eigenvalue weighted by Crippen LogP contribution is 1.95. The molecule has 2 N–H and O–H groups in total. The normalized spacial score (nSPS) is 11.9. The zero-order valence-corrected chi connectivity index (χ0v) is 10.0. The average Bonchev–Trinajstić information content (AvgIpc) is 2.26. The minimum atomic E-state index is -0.914. The monoisotopic (exact) mass is 232 g/mol. The Balaban J connectivity index is 3.82. The van der Waals surface area contributed by atoms with E-state index >= 15 is 0 Å². The fourth-order valence-electron chi connectivity index (χ4n) is 1.10. The Morgan fingerprint density at radius 1 is 1.50 bits per heavy atom. The maximum absolute atomic E-state index is 11.5. The Morgan fingerprint density at radius 3 is 2.56 bits per heavy atom. The molecular weight excluding hydrogens is 212 g/mol. The van der Waals surface area contributed by atoms with Crippen LogP contribution in [0.3, 0.4) is 0 Å². The highest BCUT2D eigenvalue weighted by Gasteiger charge is 2.11. The highest BCUT2D eigenvalue weighted by molar-refractivity contribution is 5.74. The summed E-state index contributed by atoms with van der Waals surface area (Å²) in [6.07, 6.45) is 0.762. The first-order valence-electron chi connectivity index (χ1n) is 5.24. The summed E-state index contributed by atoms with van der Waals surface area (Å²) in [5.41, 5.74) is 0. The molecule has 0 aromatic rings. The lowest BCUT2D eigenvalue weighted by Gasteiger charge is -2.19. The van der Waals surface area contributed by atoms with Gasteiger partial charge in [0.05, 0.1) is 12.5 Å². The standard InChI is InChI=1S/C10H20N2O4/c1-4-8(16-3)7-11-10(15)12(2)6-5-9(13)14/h8H,4-7H2,1-3H3,(H,11,15)(H,13,14). The number of carbonyl (C=O) groups is 2. The van der Waals surface area contributed by atoms with Crippen LogP contribution in [0.1, 0.15) is 19.8 Å². The number of carboxylic acids is 1. The van der Waals surface area contributed by atoms with Gasteiger partial charge in [0.1, 0.15) is 0 Å². The highest BCUT2D eigenvalue weighted by atomic mass is 16.5. The minimum Gasteiger partial charge on any atom is -0.481 e. The molecule has 0 aromatic heterocycles. The summed E-state index contributed by atoms with van der Waals surface area (Å²) in [4.78, 5) is 23.1. The van der Waals surface area contributed by atoms with E-state index in [0.29, 0.717) is 6.54 Å². The number of nitrogens with one attached hydrogen (secondary N) is 1. The van der Waals surface area contributed by atoms with E-state index in [-0.39, 0.29) is 25.1 Å². The fourth-order valence-corrected chi connectivity index (χ4v) is 1.10. The number of carbonyl (C=O) groups excluding carboxylic acids is 1. The topological polar surface area (TPSA) is 78.9 Å². The second kappa shape index (κ2) is 7.92. The molecule has 0 bridgehead atoms. The van der Waals surface area contributed by atoms with Gasteiger partial charge < -0.3 is 20.1 Å². The first-order chi connectivity index (χ1) is 7.51. The molecule has 0 fully saturated rings. The zero-order valence-electron chi connectivity index (χ0n) is 10.0. The Hall–Kier alpha value is -1.30. The number of nitrogens with zero attached hydrogens (tertiary/aromatic N) is 1. The van der Waals surface area contributed by atoms with E-state index in [9.17, 15) is 9.59 Å². The van der Waals surface area contributed by atoms with Crippen molar-refractivity contribution in [2.24, 2.45) is 0 Å².